The molecule has 0 atom stereocenters. The number of benzene rings is 2. The van der Waals surface area contributed by atoms with E-state index in [9.17, 15) is 9.59 Å². The van der Waals surface area contributed by atoms with Crippen LogP contribution in [0.15, 0.2) is 95.5 Å². The lowest BCUT2D eigenvalue weighted by atomic mass is 10.1. The molecule has 0 saturated carbocycles. The number of aromatic nitrogens is 1. The fourth-order valence-electron chi connectivity index (χ4n) is 2.29. The van der Waals surface area contributed by atoms with Crippen molar-refractivity contribution in [1.29, 1.82) is 0 Å². The van der Waals surface area contributed by atoms with Crippen molar-refractivity contribution in [2.45, 2.75) is 4.90 Å². The molecule has 0 spiro atoms. The smallest absolute Gasteiger partial charge is 0.271 e. The van der Waals surface area contributed by atoms with Gasteiger partial charge in [-0.05, 0) is 41.8 Å². The standard InChI is InChI=1S/C20H17N3O2S/c24-19(12-15-26-16-8-2-1-3-9-16)21-22-20(25)17-10-4-5-11-18(17)23-13-6-7-14-23/h1-15H,(H,21,24)(H,22,25)/b15-12+. The Kier molecular flexibility index (Phi) is 5.90. The van der Waals surface area contributed by atoms with Crippen LogP contribution in [-0.2, 0) is 4.79 Å². The van der Waals surface area contributed by atoms with E-state index in [1.165, 1.54) is 17.8 Å². The Morgan fingerprint density at radius 3 is 2.31 bits per heavy atom. The van der Waals surface area contributed by atoms with Crippen molar-refractivity contribution in [3.05, 3.63) is 96.2 Å². The summed E-state index contributed by atoms with van der Waals surface area (Å²) in [6.45, 7) is 0. The number of nitrogens with zero attached hydrogens (tertiary/aromatic N) is 1. The van der Waals surface area contributed by atoms with Crippen LogP contribution in [-0.4, -0.2) is 16.4 Å². The maximum Gasteiger partial charge on any atom is 0.271 e. The van der Waals surface area contributed by atoms with Gasteiger partial charge in [-0.3, -0.25) is 20.4 Å². The predicted molar refractivity (Wildman–Crippen MR) is 103 cm³/mol. The first-order chi connectivity index (χ1) is 12.7. The van der Waals surface area contributed by atoms with E-state index in [-0.39, 0.29) is 5.91 Å². The molecule has 2 aromatic carbocycles. The molecule has 0 saturated heterocycles. The van der Waals surface area contributed by atoms with Crippen LogP contribution >= 0.6 is 11.8 Å². The van der Waals surface area contributed by atoms with Crippen molar-refractivity contribution in [2.24, 2.45) is 0 Å². The summed E-state index contributed by atoms with van der Waals surface area (Å²) in [5.41, 5.74) is 6.03. The highest BCUT2D eigenvalue weighted by atomic mass is 32.2. The summed E-state index contributed by atoms with van der Waals surface area (Å²) >= 11 is 1.42. The quantitative estimate of drug-likeness (QED) is 0.414. The number of hydrazine groups is 1. The van der Waals surface area contributed by atoms with E-state index in [1.54, 1.807) is 17.5 Å². The number of nitrogens with one attached hydrogen (secondary N) is 2. The van der Waals surface area contributed by atoms with Crippen molar-refractivity contribution in [3.63, 3.8) is 0 Å². The van der Waals surface area contributed by atoms with Crippen LogP contribution in [0.3, 0.4) is 0 Å². The average molecular weight is 363 g/mol. The Labute approximate surface area is 155 Å². The number of hydrogen-bond donors (Lipinski definition) is 2. The zero-order chi connectivity index (χ0) is 18.2. The topological polar surface area (TPSA) is 63.1 Å². The zero-order valence-electron chi connectivity index (χ0n) is 13.8. The summed E-state index contributed by atoms with van der Waals surface area (Å²) in [5, 5.41) is 1.67. The maximum absolute atomic E-state index is 12.4. The number of hydrogen-bond acceptors (Lipinski definition) is 3. The molecule has 0 fully saturated rings. The largest absolute Gasteiger partial charge is 0.323 e. The van der Waals surface area contributed by atoms with E-state index in [1.807, 2.05) is 71.6 Å². The molecule has 0 bridgehead atoms. The Balaban J connectivity index is 1.57. The molecule has 5 nitrogen and oxygen atoms in total. The molecule has 0 aliphatic rings. The molecule has 1 aromatic heterocycles. The van der Waals surface area contributed by atoms with E-state index in [2.05, 4.69) is 10.9 Å². The van der Waals surface area contributed by atoms with Gasteiger partial charge in [0.05, 0.1) is 11.3 Å². The Bertz CT molecular complexity index is 906. The number of rotatable bonds is 5. The molecular formula is C20H17N3O2S. The Hall–Kier alpha value is -3.25. The summed E-state index contributed by atoms with van der Waals surface area (Å²) < 4.78 is 1.84. The fraction of sp³-hybridized carbons (Fsp3) is 0. The third kappa shape index (κ3) is 4.64. The lowest BCUT2D eigenvalue weighted by Crippen LogP contribution is -2.41. The van der Waals surface area contributed by atoms with Crippen molar-refractivity contribution < 1.29 is 9.59 Å². The first-order valence-corrected chi connectivity index (χ1v) is 8.83. The molecule has 0 radical (unpaired) electrons. The highest BCUT2D eigenvalue weighted by Crippen LogP contribution is 2.17. The molecule has 3 rings (SSSR count). The van der Waals surface area contributed by atoms with Crippen LogP contribution in [0, 0.1) is 0 Å². The second-order valence-electron chi connectivity index (χ2n) is 5.28. The van der Waals surface area contributed by atoms with Gasteiger partial charge in [-0.1, -0.05) is 42.1 Å². The van der Waals surface area contributed by atoms with Gasteiger partial charge in [0.1, 0.15) is 0 Å². The molecule has 26 heavy (non-hydrogen) atoms. The lowest BCUT2D eigenvalue weighted by molar-refractivity contribution is -0.117. The SMILES string of the molecule is O=C(/C=C/Sc1ccccc1)NNC(=O)c1ccccc1-n1cccc1. The third-order valence-electron chi connectivity index (χ3n) is 3.50. The highest BCUT2D eigenvalue weighted by molar-refractivity contribution is 8.02. The minimum absolute atomic E-state index is 0.383. The van der Waals surface area contributed by atoms with Gasteiger partial charge in [0.15, 0.2) is 0 Å². The van der Waals surface area contributed by atoms with Crippen LogP contribution in [0.5, 0.6) is 0 Å². The van der Waals surface area contributed by atoms with Gasteiger partial charge >= 0.3 is 0 Å². The molecule has 130 valence electrons. The monoisotopic (exact) mass is 363 g/mol. The van der Waals surface area contributed by atoms with E-state index >= 15 is 0 Å². The normalized spacial score (nSPS) is 10.6. The van der Waals surface area contributed by atoms with Gasteiger partial charge < -0.3 is 4.57 Å². The van der Waals surface area contributed by atoms with Gasteiger partial charge in [0, 0.05) is 23.4 Å². The van der Waals surface area contributed by atoms with Gasteiger partial charge in [0.2, 0.25) is 0 Å². The number of carbonyl (C=O) groups excluding carboxylic acids is 2. The van der Waals surface area contributed by atoms with E-state index in [0.29, 0.717) is 5.56 Å². The average Bonchev–Trinajstić information content (AvgIpc) is 3.21. The third-order valence-corrected chi connectivity index (χ3v) is 4.31. The molecular weight excluding hydrogens is 346 g/mol. The van der Waals surface area contributed by atoms with Crippen molar-refractivity contribution in [2.75, 3.05) is 0 Å². The van der Waals surface area contributed by atoms with Gasteiger partial charge in [-0.2, -0.15) is 0 Å². The fourth-order valence-corrected chi connectivity index (χ4v) is 2.95. The van der Waals surface area contributed by atoms with Crippen LogP contribution in [0.2, 0.25) is 0 Å². The van der Waals surface area contributed by atoms with Crippen LogP contribution in [0.1, 0.15) is 10.4 Å². The molecule has 3 aromatic rings. The zero-order valence-corrected chi connectivity index (χ0v) is 14.6. The van der Waals surface area contributed by atoms with Gasteiger partial charge in [-0.25, -0.2) is 0 Å². The minimum Gasteiger partial charge on any atom is -0.323 e. The number of amides is 2. The van der Waals surface area contributed by atoms with Crippen molar-refractivity contribution in [3.8, 4) is 5.69 Å². The van der Waals surface area contributed by atoms with E-state index < -0.39 is 5.91 Å². The predicted octanol–water partition coefficient (Wildman–Crippen LogP) is 3.54. The number of para-hydroxylation sites is 1. The van der Waals surface area contributed by atoms with E-state index in [4.69, 9.17) is 0 Å². The summed E-state index contributed by atoms with van der Waals surface area (Å²) in [4.78, 5) is 25.3. The molecule has 0 aliphatic heterocycles. The van der Waals surface area contributed by atoms with Crippen LogP contribution < -0.4 is 10.9 Å². The van der Waals surface area contributed by atoms with Gasteiger partial charge in [0.25, 0.3) is 11.8 Å². The molecule has 0 aliphatic carbocycles. The first kappa shape index (κ1) is 17.6. The molecule has 2 N–H and O–H groups in total. The summed E-state index contributed by atoms with van der Waals surface area (Å²) in [6, 6.07) is 20.6. The summed E-state index contributed by atoms with van der Waals surface area (Å²) in [6.07, 6.45) is 5.08. The first-order valence-electron chi connectivity index (χ1n) is 7.95. The lowest BCUT2D eigenvalue weighted by Gasteiger charge is -2.11. The molecule has 1 heterocycles. The van der Waals surface area contributed by atoms with E-state index in [0.717, 1.165) is 10.6 Å². The maximum atomic E-state index is 12.4. The molecule has 2 amide bonds. The van der Waals surface area contributed by atoms with Gasteiger partial charge in [-0.15, -0.1) is 0 Å². The second kappa shape index (κ2) is 8.73. The highest BCUT2D eigenvalue weighted by Gasteiger charge is 2.12. The van der Waals surface area contributed by atoms with Crippen molar-refractivity contribution >= 4 is 23.6 Å². The van der Waals surface area contributed by atoms with Crippen LogP contribution in [0.25, 0.3) is 5.69 Å². The Morgan fingerprint density at radius 2 is 1.54 bits per heavy atom. The molecule has 0 unspecified atom stereocenters. The Morgan fingerprint density at radius 1 is 0.846 bits per heavy atom. The molecule has 6 heteroatoms. The number of carbonyl (C=O) groups is 2. The number of thioether (sulfide) groups is 1. The summed E-state index contributed by atoms with van der Waals surface area (Å²) in [7, 11) is 0. The second-order valence-corrected chi connectivity index (χ2v) is 6.26. The summed E-state index contributed by atoms with van der Waals surface area (Å²) in [5.74, 6) is -0.785. The van der Waals surface area contributed by atoms with Crippen molar-refractivity contribution in [1.82, 2.24) is 15.4 Å². The van der Waals surface area contributed by atoms with Crippen LogP contribution in [0.4, 0.5) is 0 Å². The minimum atomic E-state index is -0.403.